The first kappa shape index (κ1) is 12.4. The monoisotopic (exact) mass is 349 g/mol. The molecule has 126 valence electrons. The number of rotatable bonds is 1. The van der Waals surface area contributed by atoms with E-state index in [1.54, 1.807) is 6.20 Å². The van der Waals surface area contributed by atoms with Gasteiger partial charge in [-0.15, -0.1) is 8.42 Å². The van der Waals surface area contributed by atoms with Crippen molar-refractivity contribution in [2.45, 2.75) is 12.5 Å². The van der Waals surface area contributed by atoms with E-state index >= 15 is 0 Å². The number of quaternary nitrogens is 1. The lowest BCUT2D eigenvalue weighted by molar-refractivity contribution is -0.794. The molecule has 2 aliphatic rings. The van der Waals surface area contributed by atoms with Crippen LogP contribution in [0.15, 0.2) is 42.6 Å². The van der Waals surface area contributed by atoms with Crippen LogP contribution in [0.25, 0.3) is 0 Å². The second-order valence-electron chi connectivity index (χ2n) is 6.31. The zero-order valence-electron chi connectivity index (χ0n) is 16.0. The predicted octanol–water partition coefficient (Wildman–Crippen LogP) is 1.80. The van der Waals surface area contributed by atoms with Crippen LogP contribution in [0.1, 0.15) is 26.8 Å². The third-order valence-electron chi connectivity index (χ3n) is 4.92. The van der Waals surface area contributed by atoms with E-state index in [1.165, 1.54) is 0 Å². The Balaban J connectivity index is 1.92. The summed E-state index contributed by atoms with van der Waals surface area (Å²) in [7, 11) is -4.86. The lowest BCUT2D eigenvalue weighted by Gasteiger charge is -2.44. The average molecular weight is 349 g/mol. The second-order valence-corrected chi connectivity index (χ2v) is 7.91. The molecule has 2 aromatic rings. The Hall–Kier alpha value is -1.96. The molecule has 1 aromatic heterocycles. The minimum absolute atomic E-state index is 0.154. The summed E-state index contributed by atoms with van der Waals surface area (Å²) in [4.78, 5) is 6.45. The van der Waals surface area contributed by atoms with Gasteiger partial charge in [-0.2, -0.15) is 3.89 Å². The Morgan fingerprint density at radius 3 is 2.88 bits per heavy atom. The van der Waals surface area contributed by atoms with E-state index in [-0.39, 0.29) is 19.6 Å². The molecule has 0 spiro atoms. The maximum absolute atomic E-state index is 12.2. The first-order valence-electron chi connectivity index (χ1n) is 9.27. The van der Waals surface area contributed by atoms with Crippen LogP contribution in [0.5, 0.6) is 0 Å². The molecule has 2 atom stereocenters. The number of benzene rings is 1. The molecule has 6 nitrogen and oxygen atoms in total. The smallest absolute Gasteiger partial charge is 0.338 e. The molecule has 0 saturated carbocycles. The van der Waals surface area contributed by atoms with Gasteiger partial charge in [-0.1, -0.05) is 30.3 Å². The summed E-state index contributed by atoms with van der Waals surface area (Å²) in [5.41, 5.74) is 2.87. The van der Waals surface area contributed by atoms with Crippen molar-refractivity contribution in [3.8, 4) is 0 Å². The van der Waals surface area contributed by atoms with Crippen molar-refractivity contribution in [3.63, 3.8) is 0 Å². The first-order chi connectivity index (χ1) is 12.6. The molecule has 7 heteroatoms. The van der Waals surface area contributed by atoms with Crippen LogP contribution >= 0.6 is 0 Å². The summed E-state index contributed by atoms with van der Waals surface area (Å²) in [5, 5.41) is 0. The number of hydrogen-bond acceptors (Lipinski definition) is 4. The summed E-state index contributed by atoms with van der Waals surface area (Å²) < 4.78 is 56.5. The molecule has 0 aliphatic carbocycles. The Bertz CT molecular complexity index is 996. The van der Waals surface area contributed by atoms with Gasteiger partial charge in [-0.3, -0.25) is 0 Å². The van der Waals surface area contributed by atoms with E-state index in [0.717, 1.165) is 22.5 Å². The Morgan fingerprint density at radius 2 is 2.08 bits per heavy atom. The van der Waals surface area contributed by atoms with Gasteiger partial charge in [0, 0.05) is 12.6 Å². The minimum atomic E-state index is -4.86. The van der Waals surface area contributed by atoms with Gasteiger partial charge in [0.25, 0.3) is 0 Å². The fourth-order valence-electron chi connectivity index (χ4n) is 3.68. The molecule has 1 saturated heterocycles. The molecule has 1 N–H and O–H groups in total. The van der Waals surface area contributed by atoms with Crippen LogP contribution in [-0.2, 0) is 16.7 Å². The van der Waals surface area contributed by atoms with Crippen molar-refractivity contribution in [1.29, 1.82) is 0 Å². The van der Waals surface area contributed by atoms with Crippen molar-refractivity contribution < 1.29 is 21.0 Å². The topological polar surface area (TPSA) is 70.5 Å². The third kappa shape index (κ3) is 2.31. The third-order valence-corrected chi connectivity index (χ3v) is 6.14. The lowest BCUT2D eigenvalue weighted by atomic mass is 9.96. The van der Waals surface area contributed by atoms with Crippen LogP contribution in [0, 0.1) is 0 Å². The summed E-state index contributed by atoms with van der Waals surface area (Å²) in [6, 6.07) is 10.9. The number of piperazine rings is 1. The average Bonchev–Trinajstić information content (AvgIpc) is 2.74. The molecular formula is C17H20N3O3S+. The van der Waals surface area contributed by atoms with Gasteiger partial charge < -0.3 is 4.90 Å². The van der Waals surface area contributed by atoms with Crippen LogP contribution in [-0.4, -0.2) is 48.5 Å². The molecule has 4 rings (SSSR count). The van der Waals surface area contributed by atoms with Gasteiger partial charge in [0.2, 0.25) is 0 Å². The summed E-state index contributed by atoms with van der Waals surface area (Å²) >= 11 is 0. The molecule has 0 amide bonds. The highest BCUT2D eigenvalue weighted by Gasteiger charge is 2.46. The van der Waals surface area contributed by atoms with Crippen molar-refractivity contribution in [1.82, 2.24) is 4.98 Å². The van der Waals surface area contributed by atoms with E-state index < -0.39 is 27.2 Å². The van der Waals surface area contributed by atoms with Crippen LogP contribution in [0.3, 0.4) is 0 Å². The SMILES string of the molecule is [2H]C([2H])([2H])[N+]1(S(=O)(=O)O)CCN2c3ncccc3Cc3ccccc3C2C1. The first-order valence-corrected chi connectivity index (χ1v) is 9.17. The number of anilines is 1. The normalized spacial score (nSPS) is 28.5. The maximum atomic E-state index is 12.2. The molecule has 2 aliphatic heterocycles. The number of likely N-dealkylation sites (N-methyl/N-ethyl adjacent to an activating group) is 1. The zero-order chi connectivity index (χ0) is 19.4. The minimum Gasteiger partial charge on any atom is -0.338 e. The van der Waals surface area contributed by atoms with Gasteiger partial charge in [0.15, 0.2) is 0 Å². The van der Waals surface area contributed by atoms with Gasteiger partial charge in [0.05, 0.1) is 17.6 Å². The number of aromatic nitrogens is 1. The lowest BCUT2D eigenvalue weighted by Crippen LogP contribution is -2.61. The molecular weight excluding hydrogens is 326 g/mol. The summed E-state index contributed by atoms with van der Waals surface area (Å²) in [6.45, 7) is -3.26. The molecule has 2 unspecified atom stereocenters. The Morgan fingerprint density at radius 1 is 1.29 bits per heavy atom. The summed E-state index contributed by atoms with van der Waals surface area (Å²) in [5.74, 6) is 0.734. The fraction of sp³-hybridized carbons (Fsp3) is 0.353. The second kappa shape index (κ2) is 5.27. The molecule has 0 bridgehead atoms. The molecule has 1 aromatic carbocycles. The van der Waals surface area contributed by atoms with Gasteiger partial charge in [-0.25, -0.2) is 9.54 Å². The number of pyridine rings is 1. The highest BCUT2D eigenvalue weighted by atomic mass is 32.2. The summed E-state index contributed by atoms with van der Waals surface area (Å²) in [6.07, 6.45) is 2.31. The van der Waals surface area contributed by atoms with Crippen molar-refractivity contribution in [2.24, 2.45) is 0 Å². The molecule has 24 heavy (non-hydrogen) atoms. The van der Waals surface area contributed by atoms with Gasteiger partial charge in [-0.05, 0) is 22.8 Å². The van der Waals surface area contributed by atoms with E-state index in [2.05, 4.69) is 4.98 Å². The van der Waals surface area contributed by atoms with Crippen molar-refractivity contribution >= 4 is 16.1 Å². The van der Waals surface area contributed by atoms with Gasteiger partial charge in [0.1, 0.15) is 24.9 Å². The maximum Gasteiger partial charge on any atom is 0.432 e. The van der Waals surface area contributed by atoms with E-state index in [9.17, 15) is 13.0 Å². The highest BCUT2D eigenvalue weighted by Crippen LogP contribution is 2.39. The fourth-order valence-corrected chi connectivity index (χ4v) is 4.32. The highest BCUT2D eigenvalue weighted by molar-refractivity contribution is 7.80. The van der Waals surface area contributed by atoms with Crippen molar-refractivity contribution in [3.05, 3.63) is 59.3 Å². The zero-order valence-corrected chi connectivity index (χ0v) is 13.8. The van der Waals surface area contributed by atoms with Gasteiger partial charge >= 0.3 is 10.3 Å². The van der Waals surface area contributed by atoms with Crippen LogP contribution in [0.4, 0.5) is 5.82 Å². The standard InChI is InChI=1S/C17H19N3O3S/c1-20(24(21,22)23)10-9-19-16(12-20)15-7-3-2-5-13(15)11-14-6-4-8-18-17(14)19/h2-8,16H,9-12H2,1H3/p+1/i1D3. The molecule has 1 fully saturated rings. The van der Waals surface area contributed by atoms with E-state index in [1.807, 2.05) is 41.3 Å². The quantitative estimate of drug-likeness (QED) is 0.628. The van der Waals surface area contributed by atoms with E-state index in [4.69, 9.17) is 4.11 Å². The van der Waals surface area contributed by atoms with Crippen LogP contribution < -0.4 is 4.90 Å². The Labute approximate surface area is 146 Å². The largest absolute Gasteiger partial charge is 0.432 e. The number of nitrogens with zero attached hydrogens (tertiary/aromatic N) is 3. The number of hydrogen-bond donors (Lipinski definition) is 1. The van der Waals surface area contributed by atoms with E-state index in [0.29, 0.717) is 6.42 Å². The molecule has 0 radical (unpaired) electrons. The van der Waals surface area contributed by atoms with Crippen molar-refractivity contribution in [2.75, 3.05) is 31.5 Å². The number of fused-ring (bicyclic) bond motifs is 5. The van der Waals surface area contributed by atoms with Crippen LogP contribution in [0.2, 0.25) is 0 Å². The molecule has 3 heterocycles. The Kier molecular flexibility index (Phi) is 2.73. The predicted molar refractivity (Wildman–Crippen MR) is 91.0 cm³/mol.